The summed E-state index contributed by atoms with van der Waals surface area (Å²) in [6, 6.07) is 8.63. The molecule has 1 heterocycles. The second-order valence-corrected chi connectivity index (χ2v) is 6.23. The van der Waals surface area contributed by atoms with Crippen LogP contribution in [0.5, 0.6) is 0 Å². The molecule has 6 nitrogen and oxygen atoms in total. The van der Waals surface area contributed by atoms with Crippen molar-refractivity contribution in [2.75, 3.05) is 19.7 Å². The van der Waals surface area contributed by atoms with E-state index >= 15 is 0 Å². The van der Waals surface area contributed by atoms with Crippen molar-refractivity contribution in [1.82, 2.24) is 4.90 Å². The van der Waals surface area contributed by atoms with Gasteiger partial charge in [0.05, 0.1) is 13.0 Å². The highest BCUT2D eigenvalue weighted by molar-refractivity contribution is 5.96. The monoisotopic (exact) mass is 343 g/mol. The van der Waals surface area contributed by atoms with Gasteiger partial charge in [-0.05, 0) is 37.8 Å². The first kappa shape index (κ1) is 17.2. The van der Waals surface area contributed by atoms with Crippen LogP contribution >= 0.6 is 0 Å². The van der Waals surface area contributed by atoms with E-state index in [9.17, 15) is 14.4 Å². The van der Waals surface area contributed by atoms with Crippen molar-refractivity contribution in [3.63, 3.8) is 0 Å². The summed E-state index contributed by atoms with van der Waals surface area (Å²) in [7, 11) is 0. The van der Waals surface area contributed by atoms with E-state index in [1.165, 1.54) is 0 Å². The molecule has 0 saturated heterocycles. The zero-order valence-corrected chi connectivity index (χ0v) is 14.2. The smallest absolute Gasteiger partial charge is 0.349 e. The van der Waals surface area contributed by atoms with Gasteiger partial charge < -0.3 is 14.1 Å². The number of amides is 1. The SMILES string of the molecule is CCOC(=O)CCN(CC1CC1)C(=O)c1cc2ccccc2oc1=O. The number of benzene rings is 1. The van der Waals surface area contributed by atoms with Crippen LogP contribution in [-0.4, -0.2) is 36.5 Å². The van der Waals surface area contributed by atoms with E-state index in [-0.39, 0.29) is 24.5 Å². The highest BCUT2D eigenvalue weighted by Gasteiger charge is 2.29. The second-order valence-electron chi connectivity index (χ2n) is 6.23. The van der Waals surface area contributed by atoms with Gasteiger partial charge in [-0.1, -0.05) is 18.2 Å². The van der Waals surface area contributed by atoms with Crippen molar-refractivity contribution in [3.05, 3.63) is 46.3 Å². The van der Waals surface area contributed by atoms with E-state index < -0.39 is 11.5 Å². The number of hydrogen-bond donors (Lipinski definition) is 0. The van der Waals surface area contributed by atoms with Crippen LogP contribution in [0.4, 0.5) is 0 Å². The van der Waals surface area contributed by atoms with Gasteiger partial charge in [0.15, 0.2) is 0 Å². The van der Waals surface area contributed by atoms with Gasteiger partial charge >= 0.3 is 11.6 Å². The fraction of sp³-hybridized carbons (Fsp3) is 0.421. The molecule has 1 aromatic heterocycles. The van der Waals surface area contributed by atoms with Gasteiger partial charge in [0, 0.05) is 18.5 Å². The summed E-state index contributed by atoms with van der Waals surface area (Å²) in [6.45, 7) is 2.83. The molecule has 1 saturated carbocycles. The summed E-state index contributed by atoms with van der Waals surface area (Å²) in [5.41, 5.74) is -0.201. The minimum Gasteiger partial charge on any atom is -0.466 e. The molecule has 1 aromatic carbocycles. The topological polar surface area (TPSA) is 76.8 Å². The zero-order valence-electron chi connectivity index (χ0n) is 14.2. The molecular formula is C19H21NO5. The lowest BCUT2D eigenvalue weighted by Gasteiger charge is -2.22. The Bertz CT molecular complexity index is 837. The van der Waals surface area contributed by atoms with E-state index in [0.717, 1.165) is 12.8 Å². The lowest BCUT2D eigenvalue weighted by molar-refractivity contribution is -0.143. The maximum Gasteiger partial charge on any atom is 0.349 e. The van der Waals surface area contributed by atoms with E-state index in [1.54, 1.807) is 36.1 Å². The van der Waals surface area contributed by atoms with Gasteiger partial charge in [-0.15, -0.1) is 0 Å². The molecule has 0 bridgehead atoms. The molecular weight excluding hydrogens is 322 g/mol. The summed E-state index contributed by atoms with van der Waals surface area (Å²) in [6.07, 6.45) is 2.25. The maximum absolute atomic E-state index is 12.9. The number of fused-ring (bicyclic) bond motifs is 1. The molecule has 0 atom stereocenters. The molecule has 25 heavy (non-hydrogen) atoms. The number of hydrogen-bond acceptors (Lipinski definition) is 5. The lowest BCUT2D eigenvalue weighted by Crippen LogP contribution is -2.37. The molecule has 1 fully saturated rings. The first-order chi connectivity index (χ1) is 12.1. The van der Waals surface area contributed by atoms with Crippen LogP contribution in [0, 0.1) is 5.92 Å². The number of carbonyl (C=O) groups excluding carboxylic acids is 2. The van der Waals surface area contributed by atoms with Gasteiger partial charge in [-0.3, -0.25) is 9.59 Å². The number of esters is 1. The van der Waals surface area contributed by atoms with E-state index in [4.69, 9.17) is 9.15 Å². The number of carbonyl (C=O) groups is 2. The minimum absolute atomic E-state index is 0.00297. The van der Waals surface area contributed by atoms with Gasteiger partial charge in [0.25, 0.3) is 5.91 Å². The van der Waals surface area contributed by atoms with Gasteiger partial charge in [0.1, 0.15) is 11.1 Å². The molecule has 6 heteroatoms. The Labute approximate surface area is 145 Å². The molecule has 1 aliphatic rings. The normalized spacial score (nSPS) is 13.6. The van der Waals surface area contributed by atoms with Gasteiger partial charge in [-0.25, -0.2) is 4.79 Å². The van der Waals surface area contributed by atoms with Gasteiger partial charge in [0.2, 0.25) is 0 Å². The number of nitrogens with zero attached hydrogens (tertiary/aromatic N) is 1. The van der Waals surface area contributed by atoms with Crippen molar-refractivity contribution in [2.45, 2.75) is 26.2 Å². The Balaban J connectivity index is 1.82. The Hall–Kier alpha value is -2.63. The average Bonchev–Trinajstić information content (AvgIpc) is 3.41. The predicted molar refractivity (Wildman–Crippen MR) is 92.4 cm³/mol. The van der Waals surface area contributed by atoms with Crippen molar-refractivity contribution in [3.8, 4) is 0 Å². The number of ether oxygens (including phenoxy) is 1. The molecule has 0 spiro atoms. The first-order valence-electron chi connectivity index (χ1n) is 8.56. The molecule has 0 aliphatic heterocycles. The van der Waals surface area contributed by atoms with Crippen molar-refractivity contribution < 1.29 is 18.7 Å². The number of para-hydroxylation sites is 1. The van der Waals surface area contributed by atoms with Crippen molar-refractivity contribution in [1.29, 1.82) is 0 Å². The molecule has 1 amide bonds. The molecule has 3 rings (SSSR count). The van der Waals surface area contributed by atoms with Crippen LogP contribution in [-0.2, 0) is 9.53 Å². The fourth-order valence-corrected chi connectivity index (χ4v) is 2.73. The summed E-state index contributed by atoms with van der Waals surface area (Å²) < 4.78 is 10.2. The van der Waals surface area contributed by atoms with Crippen LogP contribution in [0.25, 0.3) is 11.0 Å². The summed E-state index contributed by atoms with van der Waals surface area (Å²) >= 11 is 0. The molecule has 1 aliphatic carbocycles. The van der Waals surface area contributed by atoms with Crippen LogP contribution < -0.4 is 5.63 Å². The quantitative estimate of drug-likeness (QED) is 0.570. The standard InChI is InChI=1S/C19H21NO5/c1-2-24-17(21)9-10-20(12-13-7-8-13)18(22)15-11-14-5-3-4-6-16(14)25-19(15)23/h3-6,11,13H,2,7-10,12H2,1H3. The van der Waals surface area contributed by atoms with Crippen LogP contribution in [0.15, 0.2) is 39.5 Å². The zero-order chi connectivity index (χ0) is 17.8. The van der Waals surface area contributed by atoms with Crippen molar-refractivity contribution >= 4 is 22.8 Å². The Morgan fingerprint density at radius 2 is 2.04 bits per heavy atom. The highest BCUT2D eigenvalue weighted by Crippen LogP contribution is 2.30. The average molecular weight is 343 g/mol. The van der Waals surface area contributed by atoms with Gasteiger partial charge in [-0.2, -0.15) is 0 Å². The summed E-state index contributed by atoms with van der Waals surface area (Å²) in [5.74, 6) is -0.295. The molecule has 0 N–H and O–H groups in total. The third-order valence-electron chi connectivity index (χ3n) is 4.23. The third-order valence-corrected chi connectivity index (χ3v) is 4.23. The van der Waals surface area contributed by atoms with E-state index in [0.29, 0.717) is 30.0 Å². The third kappa shape index (κ3) is 4.26. The fourth-order valence-electron chi connectivity index (χ4n) is 2.73. The second kappa shape index (κ2) is 7.51. The Kier molecular flexibility index (Phi) is 5.16. The summed E-state index contributed by atoms with van der Waals surface area (Å²) in [5, 5.41) is 0.696. The van der Waals surface area contributed by atoms with Crippen molar-refractivity contribution in [2.24, 2.45) is 5.92 Å². The Morgan fingerprint density at radius 3 is 2.76 bits per heavy atom. The highest BCUT2D eigenvalue weighted by atomic mass is 16.5. The predicted octanol–water partition coefficient (Wildman–Crippen LogP) is 2.60. The maximum atomic E-state index is 12.9. The minimum atomic E-state index is -0.652. The van der Waals surface area contributed by atoms with Crippen LogP contribution in [0.1, 0.15) is 36.5 Å². The first-order valence-corrected chi connectivity index (χ1v) is 8.56. The lowest BCUT2D eigenvalue weighted by atomic mass is 10.1. The van der Waals surface area contributed by atoms with E-state index in [2.05, 4.69) is 0 Å². The molecule has 0 radical (unpaired) electrons. The summed E-state index contributed by atoms with van der Waals surface area (Å²) in [4.78, 5) is 38.2. The van der Waals surface area contributed by atoms with E-state index in [1.807, 2.05) is 6.07 Å². The molecule has 2 aromatic rings. The number of rotatable bonds is 7. The van der Waals surface area contributed by atoms with Crippen LogP contribution in [0.3, 0.4) is 0 Å². The molecule has 132 valence electrons. The largest absolute Gasteiger partial charge is 0.466 e. The van der Waals surface area contributed by atoms with Crippen LogP contribution in [0.2, 0.25) is 0 Å². The molecule has 0 unspecified atom stereocenters. The Morgan fingerprint density at radius 1 is 1.28 bits per heavy atom.